The summed E-state index contributed by atoms with van der Waals surface area (Å²) in [6.45, 7) is 14.8. The van der Waals surface area contributed by atoms with E-state index in [0.29, 0.717) is 44.7 Å². The topological polar surface area (TPSA) is 88.2 Å². The highest BCUT2D eigenvalue weighted by Crippen LogP contribution is 2.43. The smallest absolute Gasteiger partial charge is 0.322 e. The van der Waals surface area contributed by atoms with E-state index in [2.05, 4.69) is 16.8 Å². The molecule has 34 heavy (non-hydrogen) atoms. The number of hydrogen-bond donors (Lipinski definition) is 1. The highest BCUT2D eigenvalue weighted by Gasteiger charge is 2.57. The molecule has 0 radical (unpaired) electrons. The van der Waals surface area contributed by atoms with Crippen LogP contribution in [0.25, 0.3) is 0 Å². The molecule has 0 bridgehead atoms. The Labute approximate surface area is 202 Å². The molecule has 0 saturated carbocycles. The fraction of sp³-hybridized carbons (Fsp3) is 0.577. The van der Waals surface area contributed by atoms with Crippen LogP contribution in [-0.4, -0.2) is 79.6 Å². The summed E-state index contributed by atoms with van der Waals surface area (Å²) in [5.41, 5.74) is -0.675. The van der Waals surface area contributed by atoms with Crippen LogP contribution in [-0.2, 0) is 19.1 Å². The van der Waals surface area contributed by atoms with Gasteiger partial charge < -0.3 is 19.7 Å². The third kappa shape index (κ3) is 5.33. The Morgan fingerprint density at radius 3 is 2.35 bits per heavy atom. The van der Waals surface area contributed by atoms with E-state index in [1.54, 1.807) is 11.8 Å². The van der Waals surface area contributed by atoms with Crippen molar-refractivity contribution >= 4 is 23.5 Å². The molecular weight excluding hydrogens is 434 g/mol. The molecule has 2 aliphatic rings. The Balaban J connectivity index is 1.61. The predicted octanol–water partition coefficient (Wildman–Crippen LogP) is 3.34. The summed E-state index contributed by atoms with van der Waals surface area (Å²) in [5.74, 6) is -0.906. The van der Waals surface area contributed by atoms with Crippen molar-refractivity contribution in [2.45, 2.75) is 46.3 Å². The van der Waals surface area contributed by atoms with E-state index >= 15 is 0 Å². The Morgan fingerprint density at radius 2 is 1.79 bits per heavy atom. The van der Waals surface area contributed by atoms with E-state index in [4.69, 9.17) is 9.47 Å². The molecule has 0 aliphatic carbocycles. The van der Waals surface area contributed by atoms with Gasteiger partial charge in [-0.3, -0.25) is 14.5 Å². The fourth-order valence-electron chi connectivity index (χ4n) is 4.70. The highest BCUT2D eigenvalue weighted by molar-refractivity contribution is 6.13. The van der Waals surface area contributed by atoms with Crippen LogP contribution in [0, 0.1) is 10.8 Å². The normalized spacial score (nSPS) is 26.3. The molecule has 2 amide bonds. The first kappa shape index (κ1) is 25.9. The number of hydrogen-bond acceptors (Lipinski definition) is 6. The van der Waals surface area contributed by atoms with Gasteiger partial charge in [0.05, 0.1) is 19.3 Å². The Hall–Kier alpha value is -2.71. The molecule has 0 aromatic heterocycles. The lowest BCUT2D eigenvalue weighted by Crippen LogP contribution is -2.58. The number of ketones is 1. The van der Waals surface area contributed by atoms with Crippen LogP contribution in [0.15, 0.2) is 42.5 Å². The molecule has 8 heteroatoms. The molecule has 2 saturated heterocycles. The zero-order chi connectivity index (χ0) is 25.1. The van der Waals surface area contributed by atoms with Gasteiger partial charge in [-0.1, -0.05) is 45.5 Å². The van der Waals surface area contributed by atoms with Crippen LogP contribution < -0.4 is 5.32 Å². The van der Waals surface area contributed by atoms with Crippen molar-refractivity contribution in [3.63, 3.8) is 0 Å². The number of rotatable bonds is 5. The Bertz CT molecular complexity index is 918. The molecule has 0 spiro atoms. The van der Waals surface area contributed by atoms with Crippen molar-refractivity contribution in [3.05, 3.63) is 42.5 Å². The predicted molar refractivity (Wildman–Crippen MR) is 130 cm³/mol. The molecule has 2 aliphatic heterocycles. The van der Waals surface area contributed by atoms with E-state index in [9.17, 15) is 14.4 Å². The maximum atomic E-state index is 13.3. The van der Waals surface area contributed by atoms with Crippen molar-refractivity contribution in [3.8, 4) is 0 Å². The van der Waals surface area contributed by atoms with Gasteiger partial charge in [-0.05, 0) is 30.9 Å². The van der Waals surface area contributed by atoms with Crippen LogP contribution in [0.5, 0.6) is 0 Å². The SMILES string of the molecule is C=C1C(=O)[C@](C)(C(=O)OC)[C@@H](CCN2CCN(C(=O)Nc3ccccc3)CC2)O[C@H]1C(C)(C)C. The van der Waals surface area contributed by atoms with Gasteiger partial charge in [0.15, 0.2) is 11.2 Å². The molecule has 0 unspecified atom stereocenters. The lowest BCUT2D eigenvalue weighted by molar-refractivity contribution is -0.182. The Morgan fingerprint density at radius 1 is 1.18 bits per heavy atom. The number of carbonyl (C=O) groups is 3. The third-order valence-corrected chi connectivity index (χ3v) is 6.81. The molecule has 2 fully saturated rings. The molecule has 1 aromatic rings. The number of piperazine rings is 1. The lowest BCUT2D eigenvalue weighted by Gasteiger charge is -2.46. The molecule has 186 valence electrons. The molecule has 2 heterocycles. The van der Waals surface area contributed by atoms with E-state index in [1.807, 2.05) is 51.1 Å². The van der Waals surface area contributed by atoms with Gasteiger partial charge in [-0.15, -0.1) is 0 Å². The number of para-hydroxylation sites is 1. The second-order valence-corrected chi connectivity index (χ2v) is 10.3. The summed E-state index contributed by atoms with van der Waals surface area (Å²) in [4.78, 5) is 42.6. The number of nitrogens with zero attached hydrogens (tertiary/aromatic N) is 2. The van der Waals surface area contributed by atoms with Gasteiger partial charge in [0.1, 0.15) is 0 Å². The lowest BCUT2D eigenvalue weighted by atomic mass is 9.69. The number of amides is 2. The van der Waals surface area contributed by atoms with Gasteiger partial charge >= 0.3 is 12.0 Å². The summed E-state index contributed by atoms with van der Waals surface area (Å²) < 4.78 is 11.4. The number of esters is 1. The van der Waals surface area contributed by atoms with Crippen molar-refractivity contribution in [1.29, 1.82) is 0 Å². The number of carbonyl (C=O) groups excluding carboxylic acids is 3. The van der Waals surface area contributed by atoms with Crippen molar-refractivity contribution in [1.82, 2.24) is 9.80 Å². The minimum atomic E-state index is -1.43. The third-order valence-electron chi connectivity index (χ3n) is 6.81. The zero-order valence-electron chi connectivity index (χ0n) is 20.9. The number of methoxy groups -OCH3 is 1. The van der Waals surface area contributed by atoms with Gasteiger partial charge in [0.2, 0.25) is 0 Å². The van der Waals surface area contributed by atoms with Gasteiger partial charge in [-0.25, -0.2) is 4.79 Å². The maximum Gasteiger partial charge on any atom is 0.322 e. The number of anilines is 1. The van der Waals surface area contributed by atoms with Crippen molar-refractivity contribution in [2.75, 3.05) is 45.2 Å². The van der Waals surface area contributed by atoms with Gasteiger partial charge in [-0.2, -0.15) is 0 Å². The van der Waals surface area contributed by atoms with E-state index in [0.717, 1.165) is 5.69 Å². The summed E-state index contributed by atoms with van der Waals surface area (Å²) in [5, 5.41) is 2.92. The van der Waals surface area contributed by atoms with E-state index in [1.165, 1.54) is 7.11 Å². The van der Waals surface area contributed by atoms with Gasteiger partial charge in [0.25, 0.3) is 0 Å². The van der Waals surface area contributed by atoms with Crippen LogP contribution in [0.4, 0.5) is 10.5 Å². The minimum absolute atomic E-state index is 0.114. The first-order valence-corrected chi connectivity index (χ1v) is 11.8. The first-order chi connectivity index (χ1) is 16.0. The molecule has 3 atom stereocenters. The second-order valence-electron chi connectivity index (χ2n) is 10.3. The average molecular weight is 472 g/mol. The summed E-state index contributed by atoms with van der Waals surface area (Å²) >= 11 is 0. The van der Waals surface area contributed by atoms with Crippen LogP contribution in [0.3, 0.4) is 0 Å². The summed E-state index contributed by atoms with van der Waals surface area (Å²) in [7, 11) is 1.29. The number of Topliss-reactive ketones (excluding diaryl/α,β-unsaturated/α-hetero) is 1. The molecule has 3 rings (SSSR count). The monoisotopic (exact) mass is 471 g/mol. The first-order valence-electron chi connectivity index (χ1n) is 11.8. The standard InChI is InChI=1S/C26H37N3O5/c1-18-21(30)26(5,23(31)33-6)20(34-22(18)25(2,3)4)12-13-28-14-16-29(17-15-28)24(32)27-19-10-8-7-9-11-19/h7-11,20,22H,1,12-17H2,2-6H3,(H,27,32)/t20-,22-,26-/m1/s1. The minimum Gasteiger partial charge on any atom is -0.468 e. The highest BCUT2D eigenvalue weighted by atomic mass is 16.5. The summed E-state index contributed by atoms with van der Waals surface area (Å²) in [6, 6.07) is 9.27. The quantitative estimate of drug-likeness (QED) is 0.403. The number of ether oxygens (including phenoxy) is 2. The number of nitrogens with one attached hydrogen (secondary N) is 1. The largest absolute Gasteiger partial charge is 0.468 e. The second kappa shape index (κ2) is 10.3. The zero-order valence-corrected chi connectivity index (χ0v) is 20.9. The Kier molecular flexibility index (Phi) is 7.83. The van der Waals surface area contributed by atoms with E-state index in [-0.39, 0.29) is 17.2 Å². The van der Waals surface area contributed by atoms with E-state index < -0.39 is 23.6 Å². The maximum absolute atomic E-state index is 13.3. The van der Waals surface area contributed by atoms with Crippen molar-refractivity contribution in [2.24, 2.45) is 10.8 Å². The fourth-order valence-corrected chi connectivity index (χ4v) is 4.70. The van der Waals surface area contributed by atoms with Gasteiger partial charge in [0, 0.05) is 44.0 Å². The van der Waals surface area contributed by atoms with Crippen LogP contribution in [0.2, 0.25) is 0 Å². The summed E-state index contributed by atoms with van der Waals surface area (Å²) in [6.07, 6.45) is -0.601. The van der Waals surface area contributed by atoms with Crippen LogP contribution >= 0.6 is 0 Å². The number of urea groups is 1. The van der Waals surface area contributed by atoms with Crippen molar-refractivity contribution < 1.29 is 23.9 Å². The molecule has 1 N–H and O–H groups in total. The molecule has 8 nitrogen and oxygen atoms in total. The average Bonchev–Trinajstić information content (AvgIpc) is 2.81. The van der Waals surface area contributed by atoms with Crippen LogP contribution in [0.1, 0.15) is 34.1 Å². The number of benzene rings is 1. The molecule has 1 aromatic carbocycles. The molecular formula is C26H37N3O5.